The summed E-state index contributed by atoms with van der Waals surface area (Å²) in [6.07, 6.45) is 4.57. The number of nitrogens with zero attached hydrogens (tertiary/aromatic N) is 1. The van der Waals surface area contributed by atoms with Crippen LogP contribution in [0.2, 0.25) is 0 Å². The molecule has 22 heavy (non-hydrogen) atoms. The van der Waals surface area contributed by atoms with E-state index >= 15 is 0 Å². The highest BCUT2D eigenvalue weighted by Crippen LogP contribution is 2.19. The molecule has 5 heteroatoms. The maximum absolute atomic E-state index is 10.6. The molecule has 0 fully saturated rings. The second kappa shape index (κ2) is 10.6. The van der Waals surface area contributed by atoms with E-state index in [0.29, 0.717) is 6.54 Å². The van der Waals surface area contributed by atoms with Gasteiger partial charge in [-0.25, -0.2) is 0 Å². The van der Waals surface area contributed by atoms with E-state index < -0.39 is 5.60 Å². The van der Waals surface area contributed by atoms with Crippen LogP contribution in [0.4, 0.5) is 0 Å². The zero-order valence-corrected chi connectivity index (χ0v) is 15.0. The van der Waals surface area contributed by atoms with Crippen LogP contribution in [0.15, 0.2) is 22.5 Å². The first-order valence-electron chi connectivity index (χ1n) is 8.40. The quantitative estimate of drug-likeness (QED) is 0.457. The van der Waals surface area contributed by atoms with Gasteiger partial charge >= 0.3 is 0 Å². The van der Waals surface area contributed by atoms with Crippen molar-refractivity contribution >= 4 is 17.3 Å². The number of aliphatic imine (C=N–C) groups is 1. The maximum atomic E-state index is 10.6. The Bertz CT molecular complexity index is 412. The molecule has 0 radical (unpaired) electrons. The molecule has 1 heterocycles. The average molecular weight is 326 g/mol. The van der Waals surface area contributed by atoms with Crippen molar-refractivity contribution in [2.75, 3.05) is 19.6 Å². The van der Waals surface area contributed by atoms with Crippen LogP contribution in [0.3, 0.4) is 0 Å². The minimum Gasteiger partial charge on any atom is -0.388 e. The van der Waals surface area contributed by atoms with E-state index in [-0.39, 0.29) is 0 Å². The Kier molecular flexibility index (Phi) is 9.16. The van der Waals surface area contributed by atoms with E-state index in [2.05, 4.69) is 53.9 Å². The molecule has 0 bridgehead atoms. The Hall–Kier alpha value is -1.07. The highest BCUT2D eigenvalue weighted by Gasteiger charge is 2.24. The van der Waals surface area contributed by atoms with Crippen molar-refractivity contribution in [3.8, 4) is 0 Å². The van der Waals surface area contributed by atoms with Gasteiger partial charge in [-0.15, -0.1) is 11.3 Å². The van der Waals surface area contributed by atoms with Gasteiger partial charge in [-0.05, 0) is 37.6 Å². The summed E-state index contributed by atoms with van der Waals surface area (Å²) in [5, 5.41) is 19.3. The molecule has 1 aromatic heterocycles. The number of hydrogen-bond acceptors (Lipinski definition) is 3. The van der Waals surface area contributed by atoms with E-state index in [1.807, 2.05) is 0 Å². The zero-order chi connectivity index (χ0) is 16.3. The smallest absolute Gasteiger partial charge is 0.191 e. The lowest BCUT2D eigenvalue weighted by molar-refractivity contribution is 0.0306. The molecular weight excluding hydrogens is 294 g/mol. The number of hydrogen-bond donors (Lipinski definition) is 3. The van der Waals surface area contributed by atoms with E-state index in [4.69, 9.17) is 0 Å². The standard InChI is InChI=1S/C17H31N3OS/c1-4-10-17(21,11-5-2)14-20-16(18-6-3)19-12-9-15-8-7-13-22-15/h7-8,13,21H,4-6,9-12,14H2,1-3H3,(H2,18,19,20). The molecule has 0 aliphatic rings. The Morgan fingerprint density at radius 3 is 2.50 bits per heavy atom. The van der Waals surface area contributed by atoms with Crippen molar-refractivity contribution in [1.29, 1.82) is 0 Å². The maximum Gasteiger partial charge on any atom is 0.191 e. The van der Waals surface area contributed by atoms with Crippen molar-refractivity contribution < 1.29 is 5.11 Å². The van der Waals surface area contributed by atoms with Gasteiger partial charge in [0.2, 0.25) is 0 Å². The molecule has 1 rings (SSSR count). The summed E-state index contributed by atoms with van der Waals surface area (Å²) in [6, 6.07) is 4.23. The van der Waals surface area contributed by atoms with Gasteiger partial charge in [-0.3, -0.25) is 4.99 Å². The summed E-state index contributed by atoms with van der Waals surface area (Å²) < 4.78 is 0. The molecule has 0 unspecified atom stereocenters. The molecule has 4 nitrogen and oxygen atoms in total. The monoisotopic (exact) mass is 325 g/mol. The zero-order valence-electron chi connectivity index (χ0n) is 14.2. The molecule has 0 amide bonds. The molecular formula is C17H31N3OS. The van der Waals surface area contributed by atoms with Crippen LogP contribution in [-0.4, -0.2) is 36.3 Å². The number of aliphatic hydroxyl groups is 1. The largest absolute Gasteiger partial charge is 0.388 e. The SMILES string of the molecule is CCCC(O)(CCC)CN=C(NCC)NCCc1cccs1. The lowest BCUT2D eigenvalue weighted by Crippen LogP contribution is -2.40. The van der Waals surface area contributed by atoms with E-state index in [1.165, 1.54) is 4.88 Å². The van der Waals surface area contributed by atoms with E-state index in [0.717, 1.165) is 51.2 Å². The number of nitrogens with one attached hydrogen (secondary N) is 2. The second-order valence-electron chi connectivity index (χ2n) is 5.68. The van der Waals surface area contributed by atoms with Gasteiger partial charge in [0.15, 0.2) is 5.96 Å². The van der Waals surface area contributed by atoms with Gasteiger partial charge in [0.05, 0.1) is 12.1 Å². The summed E-state index contributed by atoms with van der Waals surface area (Å²) in [6.45, 7) is 8.41. The Morgan fingerprint density at radius 2 is 1.95 bits per heavy atom. The number of rotatable bonds is 10. The van der Waals surface area contributed by atoms with E-state index in [1.54, 1.807) is 11.3 Å². The molecule has 126 valence electrons. The van der Waals surface area contributed by atoms with Gasteiger partial charge in [0, 0.05) is 18.0 Å². The summed E-state index contributed by atoms with van der Waals surface area (Å²) >= 11 is 1.78. The Balaban J connectivity index is 2.51. The molecule has 0 aromatic carbocycles. The average Bonchev–Trinajstić information content (AvgIpc) is 2.99. The fourth-order valence-corrected chi connectivity index (χ4v) is 3.25. The lowest BCUT2D eigenvalue weighted by atomic mass is 9.93. The van der Waals surface area contributed by atoms with Crippen LogP contribution in [0.5, 0.6) is 0 Å². The first-order valence-corrected chi connectivity index (χ1v) is 9.28. The third-order valence-corrected chi connectivity index (χ3v) is 4.49. The summed E-state index contributed by atoms with van der Waals surface area (Å²) in [5.41, 5.74) is -0.667. The molecule has 0 aliphatic heterocycles. The van der Waals surface area contributed by atoms with Crippen LogP contribution >= 0.6 is 11.3 Å². The van der Waals surface area contributed by atoms with Crippen molar-refractivity contribution in [1.82, 2.24) is 10.6 Å². The van der Waals surface area contributed by atoms with Crippen LogP contribution in [0.25, 0.3) is 0 Å². The van der Waals surface area contributed by atoms with Crippen molar-refractivity contribution in [3.63, 3.8) is 0 Å². The molecule has 0 atom stereocenters. The summed E-state index contributed by atoms with van der Waals surface area (Å²) in [4.78, 5) is 5.96. The first-order chi connectivity index (χ1) is 10.6. The Labute approximate surface area is 139 Å². The topological polar surface area (TPSA) is 56.7 Å². The van der Waals surface area contributed by atoms with Crippen molar-refractivity contribution in [3.05, 3.63) is 22.4 Å². The van der Waals surface area contributed by atoms with Gasteiger partial charge in [0.25, 0.3) is 0 Å². The van der Waals surface area contributed by atoms with Gasteiger partial charge < -0.3 is 15.7 Å². The lowest BCUT2D eigenvalue weighted by Gasteiger charge is -2.26. The van der Waals surface area contributed by atoms with Crippen LogP contribution in [0, 0.1) is 0 Å². The Morgan fingerprint density at radius 1 is 1.23 bits per heavy atom. The van der Waals surface area contributed by atoms with Crippen molar-refractivity contribution in [2.24, 2.45) is 4.99 Å². The molecule has 0 spiro atoms. The number of guanidine groups is 1. The molecule has 0 aliphatic carbocycles. The third-order valence-electron chi connectivity index (χ3n) is 3.55. The minimum absolute atomic E-state index is 0.461. The third kappa shape index (κ3) is 7.27. The van der Waals surface area contributed by atoms with Gasteiger partial charge in [0.1, 0.15) is 0 Å². The second-order valence-corrected chi connectivity index (χ2v) is 6.71. The van der Waals surface area contributed by atoms with Crippen molar-refractivity contribution in [2.45, 2.75) is 58.5 Å². The predicted octanol–water partition coefficient (Wildman–Crippen LogP) is 3.18. The molecule has 1 aromatic rings. The van der Waals surface area contributed by atoms with Crippen LogP contribution in [0.1, 0.15) is 51.3 Å². The molecule has 3 N–H and O–H groups in total. The minimum atomic E-state index is -0.667. The first kappa shape index (κ1) is 19.0. The fraction of sp³-hybridized carbons (Fsp3) is 0.706. The van der Waals surface area contributed by atoms with Gasteiger partial charge in [-0.2, -0.15) is 0 Å². The highest BCUT2D eigenvalue weighted by molar-refractivity contribution is 7.09. The highest BCUT2D eigenvalue weighted by atomic mass is 32.1. The predicted molar refractivity (Wildman–Crippen MR) is 96.8 cm³/mol. The van der Waals surface area contributed by atoms with Crippen LogP contribution in [-0.2, 0) is 6.42 Å². The summed E-state index contributed by atoms with van der Waals surface area (Å²) in [5.74, 6) is 0.796. The normalized spacial score (nSPS) is 12.5. The van der Waals surface area contributed by atoms with Crippen LogP contribution < -0.4 is 10.6 Å². The fourth-order valence-electron chi connectivity index (χ4n) is 2.54. The molecule has 0 saturated carbocycles. The summed E-state index contributed by atoms with van der Waals surface area (Å²) in [7, 11) is 0. The number of thiophene rings is 1. The van der Waals surface area contributed by atoms with E-state index in [9.17, 15) is 5.11 Å². The molecule has 0 saturated heterocycles. The van der Waals surface area contributed by atoms with Gasteiger partial charge in [-0.1, -0.05) is 32.8 Å².